The van der Waals surface area contributed by atoms with Crippen LogP contribution in [-0.4, -0.2) is 55.4 Å². The second-order valence-electron chi connectivity index (χ2n) is 8.23. The van der Waals surface area contributed by atoms with Crippen LogP contribution in [0.2, 0.25) is 0 Å². The van der Waals surface area contributed by atoms with Gasteiger partial charge in [-0.05, 0) is 43.2 Å². The first-order valence-electron chi connectivity index (χ1n) is 9.74. The molecule has 5 atom stereocenters. The number of pyridine rings is 1. The number of Topliss-reactive ketones (excluding diaryl/α,β-unsaturated/α-hetero) is 2. The number of halogens is 1. The quantitative estimate of drug-likeness (QED) is 0.711. The summed E-state index contributed by atoms with van der Waals surface area (Å²) in [5.74, 6) is -0.206. The molecule has 28 heavy (non-hydrogen) atoms. The highest BCUT2D eigenvalue weighted by molar-refractivity contribution is 6.04. The van der Waals surface area contributed by atoms with E-state index in [4.69, 9.17) is 0 Å². The topological polar surface area (TPSA) is 85.2 Å². The molecular weight excluding hydrogens is 363 g/mol. The fourth-order valence-corrected chi connectivity index (χ4v) is 4.51. The average molecular weight is 384 g/mol. The smallest absolute Gasteiger partial charge is 0.245 e. The van der Waals surface area contributed by atoms with Gasteiger partial charge >= 0.3 is 0 Å². The number of nitrogens with zero attached hydrogens (tertiary/aromatic N) is 4. The molecule has 2 saturated carbocycles. The van der Waals surface area contributed by atoms with Gasteiger partial charge < -0.3 is 4.90 Å². The third-order valence-electron chi connectivity index (χ3n) is 6.19. The predicted octanol–water partition coefficient (Wildman–Crippen LogP) is 1.94. The van der Waals surface area contributed by atoms with E-state index in [9.17, 15) is 18.8 Å². The number of hydrogen-bond donors (Lipinski definition) is 0. The second-order valence-corrected chi connectivity index (χ2v) is 8.23. The van der Waals surface area contributed by atoms with Crippen LogP contribution in [0.1, 0.15) is 43.1 Å². The Kier molecular flexibility index (Phi) is 3.86. The monoisotopic (exact) mass is 384 g/mol. The molecule has 3 heterocycles. The number of carbonyl (C=O) groups excluding carboxylic acids is 3. The van der Waals surface area contributed by atoms with Crippen LogP contribution in [0, 0.1) is 11.8 Å². The molecule has 1 saturated heterocycles. The van der Waals surface area contributed by atoms with Gasteiger partial charge in [0.2, 0.25) is 5.91 Å². The van der Waals surface area contributed by atoms with E-state index in [0.717, 1.165) is 6.42 Å². The van der Waals surface area contributed by atoms with E-state index in [1.165, 1.54) is 11.6 Å². The molecule has 8 heteroatoms. The van der Waals surface area contributed by atoms with E-state index in [-0.39, 0.29) is 48.1 Å². The summed E-state index contributed by atoms with van der Waals surface area (Å²) >= 11 is 0. The number of fused-ring (bicyclic) bond motifs is 2. The number of alkyl halides is 1. The summed E-state index contributed by atoms with van der Waals surface area (Å²) in [6, 6.07) is 3.13. The van der Waals surface area contributed by atoms with E-state index in [1.54, 1.807) is 23.2 Å². The Bertz CT molecular complexity index is 1000. The van der Waals surface area contributed by atoms with E-state index < -0.39 is 12.2 Å². The molecule has 0 unspecified atom stereocenters. The first kappa shape index (κ1) is 17.5. The number of rotatable bonds is 6. The van der Waals surface area contributed by atoms with Gasteiger partial charge in [-0.15, -0.1) is 0 Å². The Morgan fingerprint density at radius 3 is 2.75 bits per heavy atom. The summed E-state index contributed by atoms with van der Waals surface area (Å²) in [5.41, 5.74) is 0.769. The van der Waals surface area contributed by atoms with Crippen molar-refractivity contribution in [3.8, 4) is 0 Å². The van der Waals surface area contributed by atoms with Crippen molar-refractivity contribution in [3.05, 3.63) is 24.0 Å². The van der Waals surface area contributed by atoms with E-state index in [1.807, 2.05) is 0 Å². The highest BCUT2D eigenvalue weighted by atomic mass is 19.1. The summed E-state index contributed by atoms with van der Waals surface area (Å²) in [6.45, 7) is 1.36. The molecule has 3 fully saturated rings. The number of hydrogen-bond acceptors (Lipinski definition) is 5. The van der Waals surface area contributed by atoms with Crippen molar-refractivity contribution >= 4 is 28.5 Å². The first-order valence-corrected chi connectivity index (χ1v) is 9.74. The lowest BCUT2D eigenvalue weighted by Crippen LogP contribution is -2.44. The highest BCUT2D eigenvalue weighted by Crippen LogP contribution is 2.49. The number of amides is 1. The third kappa shape index (κ3) is 2.82. The molecule has 2 aromatic heterocycles. The predicted molar refractivity (Wildman–Crippen MR) is 97.3 cm³/mol. The van der Waals surface area contributed by atoms with Gasteiger partial charge in [0.05, 0.1) is 11.4 Å². The molecular formula is C20H21FN4O3. The van der Waals surface area contributed by atoms with Crippen molar-refractivity contribution in [3.63, 3.8) is 0 Å². The van der Waals surface area contributed by atoms with Crippen LogP contribution < -0.4 is 0 Å². The maximum atomic E-state index is 13.2. The number of piperidine rings is 1. The fourth-order valence-electron chi connectivity index (χ4n) is 4.51. The Hall–Kier alpha value is -2.64. The van der Waals surface area contributed by atoms with Crippen molar-refractivity contribution in [2.45, 2.75) is 57.4 Å². The Labute approximate surface area is 160 Å². The zero-order valence-corrected chi connectivity index (χ0v) is 15.5. The largest absolute Gasteiger partial charge is 0.328 e. The van der Waals surface area contributed by atoms with Gasteiger partial charge in [0, 0.05) is 25.6 Å². The molecule has 3 aliphatic rings. The number of carbonyl (C=O) groups is 3. The van der Waals surface area contributed by atoms with Crippen LogP contribution in [0.5, 0.6) is 0 Å². The van der Waals surface area contributed by atoms with Gasteiger partial charge in [-0.3, -0.25) is 14.4 Å². The number of likely N-dealkylation sites (tertiary alicyclic amines) is 1. The molecule has 0 radical (unpaired) electrons. The number of aromatic nitrogens is 3. The van der Waals surface area contributed by atoms with Gasteiger partial charge in [-0.2, -0.15) is 5.10 Å². The maximum Gasteiger partial charge on any atom is 0.245 e. The van der Waals surface area contributed by atoms with Crippen molar-refractivity contribution in [2.75, 3.05) is 0 Å². The van der Waals surface area contributed by atoms with Crippen LogP contribution in [0.15, 0.2) is 18.3 Å². The molecule has 0 spiro atoms. The van der Waals surface area contributed by atoms with Crippen LogP contribution in [0.4, 0.5) is 4.39 Å². The molecule has 1 amide bonds. The summed E-state index contributed by atoms with van der Waals surface area (Å²) < 4.78 is 14.6. The van der Waals surface area contributed by atoms with Gasteiger partial charge in [-0.1, -0.05) is 0 Å². The lowest BCUT2D eigenvalue weighted by Gasteiger charge is -2.26. The first-order chi connectivity index (χ1) is 13.4. The molecule has 2 aromatic rings. The normalized spacial score (nSPS) is 30.4. The SMILES string of the molecule is CC(=O)c1nn(CC(=O)N2[C@@H]3C[C@@H]3C[C@H]2C(=O)C[C@@H]2C[C@@H]2F)c2ncccc12. The fraction of sp³-hybridized carbons (Fsp3) is 0.550. The minimum Gasteiger partial charge on any atom is -0.328 e. The minimum absolute atomic E-state index is 0.0291. The third-order valence-corrected chi connectivity index (χ3v) is 6.19. The van der Waals surface area contributed by atoms with Crippen molar-refractivity contribution in [2.24, 2.45) is 11.8 Å². The van der Waals surface area contributed by atoms with Crippen LogP contribution in [-0.2, 0) is 16.1 Å². The van der Waals surface area contributed by atoms with Crippen molar-refractivity contribution in [1.29, 1.82) is 0 Å². The minimum atomic E-state index is -0.865. The molecule has 146 valence electrons. The Morgan fingerprint density at radius 1 is 1.25 bits per heavy atom. The molecule has 7 nitrogen and oxygen atoms in total. The molecule has 5 rings (SSSR count). The molecule has 2 aliphatic carbocycles. The highest BCUT2D eigenvalue weighted by Gasteiger charge is 2.56. The van der Waals surface area contributed by atoms with Gasteiger partial charge in [0.15, 0.2) is 17.2 Å². The lowest BCUT2D eigenvalue weighted by atomic mass is 10.0. The summed E-state index contributed by atoms with van der Waals surface area (Å²) in [6.07, 6.45) is 3.00. The second kappa shape index (κ2) is 6.18. The van der Waals surface area contributed by atoms with Gasteiger partial charge in [0.1, 0.15) is 18.4 Å². The summed E-state index contributed by atoms with van der Waals surface area (Å²) in [7, 11) is 0. The van der Waals surface area contributed by atoms with Crippen LogP contribution in [0.25, 0.3) is 11.0 Å². The van der Waals surface area contributed by atoms with E-state index >= 15 is 0 Å². The van der Waals surface area contributed by atoms with E-state index in [2.05, 4.69) is 10.1 Å². The molecule has 0 bridgehead atoms. The van der Waals surface area contributed by atoms with Gasteiger partial charge in [0.25, 0.3) is 0 Å². The molecule has 0 aromatic carbocycles. The molecule has 1 aliphatic heterocycles. The van der Waals surface area contributed by atoms with E-state index in [0.29, 0.717) is 29.8 Å². The Balaban J connectivity index is 1.38. The van der Waals surface area contributed by atoms with Gasteiger partial charge in [-0.25, -0.2) is 14.1 Å². The Morgan fingerprint density at radius 2 is 2.04 bits per heavy atom. The zero-order valence-electron chi connectivity index (χ0n) is 15.5. The zero-order chi connectivity index (χ0) is 19.6. The van der Waals surface area contributed by atoms with Crippen LogP contribution >= 0.6 is 0 Å². The standard InChI is InChI=1S/C20H21FN4O3/c1-10(26)19-13-3-2-4-22-20(13)24(23-19)9-18(28)25-15-6-12(15)7-16(25)17(27)8-11-5-14(11)21/h2-4,11-12,14-16H,5-9H2,1H3/t11-,12+,14-,15+,16-/m0/s1. The summed E-state index contributed by atoms with van der Waals surface area (Å²) in [5, 5.41) is 4.91. The van der Waals surface area contributed by atoms with Crippen molar-refractivity contribution < 1.29 is 18.8 Å². The number of ketones is 2. The van der Waals surface area contributed by atoms with Crippen molar-refractivity contribution in [1.82, 2.24) is 19.7 Å². The maximum absolute atomic E-state index is 13.2. The van der Waals surface area contributed by atoms with Crippen LogP contribution in [0.3, 0.4) is 0 Å². The lowest BCUT2D eigenvalue weighted by molar-refractivity contribution is -0.139. The molecule has 0 N–H and O–H groups in total. The summed E-state index contributed by atoms with van der Waals surface area (Å²) in [4.78, 5) is 43.6. The average Bonchev–Trinajstić information content (AvgIpc) is 3.49.